The van der Waals surface area contributed by atoms with Crippen molar-refractivity contribution in [2.45, 2.75) is 18.4 Å². The van der Waals surface area contributed by atoms with E-state index in [1.165, 1.54) is 0 Å². The second kappa shape index (κ2) is 8.48. The highest BCUT2D eigenvalue weighted by atomic mass is 16.3. The first-order valence-electron chi connectivity index (χ1n) is 9.85. The van der Waals surface area contributed by atoms with Crippen molar-refractivity contribution in [3.63, 3.8) is 0 Å². The largest absolute Gasteiger partial charge is 0.378 e. The summed E-state index contributed by atoms with van der Waals surface area (Å²) in [6, 6.07) is 26.6. The molecule has 150 valence electrons. The van der Waals surface area contributed by atoms with Gasteiger partial charge in [0.1, 0.15) is 6.04 Å². The number of rotatable bonds is 7. The minimum absolute atomic E-state index is 0.486. The van der Waals surface area contributed by atoms with Gasteiger partial charge < -0.3 is 9.80 Å². The molecule has 4 nitrogen and oxygen atoms in total. The minimum atomic E-state index is -0.668. The molecule has 0 saturated heterocycles. The van der Waals surface area contributed by atoms with Gasteiger partial charge in [0.15, 0.2) is 0 Å². The molecule has 0 aliphatic heterocycles. The van der Waals surface area contributed by atoms with Gasteiger partial charge in [0, 0.05) is 39.6 Å². The van der Waals surface area contributed by atoms with Crippen LogP contribution < -0.4 is 9.80 Å². The third kappa shape index (κ3) is 3.75. The van der Waals surface area contributed by atoms with Gasteiger partial charge in [0.25, 0.3) is 0 Å². The van der Waals surface area contributed by atoms with E-state index in [4.69, 9.17) is 0 Å². The number of anilines is 2. The van der Waals surface area contributed by atoms with Gasteiger partial charge in [0.05, 0.1) is 5.41 Å². The lowest BCUT2D eigenvalue weighted by Crippen LogP contribution is -2.39. The fourth-order valence-corrected chi connectivity index (χ4v) is 4.05. The Morgan fingerprint density at radius 3 is 1.38 bits per heavy atom. The maximum atomic E-state index is 12.0. The fraction of sp³-hybridized carbons (Fsp3) is 0.280. The van der Waals surface area contributed by atoms with E-state index in [0.29, 0.717) is 0 Å². The molecule has 0 radical (unpaired) electrons. The van der Waals surface area contributed by atoms with Gasteiger partial charge >= 0.3 is 0 Å². The third-order valence-corrected chi connectivity index (χ3v) is 5.69. The number of nitroso groups, excluding NO2 is 1. The van der Waals surface area contributed by atoms with E-state index in [-0.39, 0.29) is 0 Å². The average Bonchev–Trinajstić information content (AvgIpc) is 2.75. The van der Waals surface area contributed by atoms with E-state index in [0.717, 1.165) is 28.1 Å². The lowest BCUT2D eigenvalue weighted by Gasteiger charge is -2.38. The van der Waals surface area contributed by atoms with Crippen LogP contribution in [0.5, 0.6) is 0 Å². The van der Waals surface area contributed by atoms with Gasteiger partial charge in [-0.05, 0) is 47.9 Å². The van der Waals surface area contributed by atoms with Crippen molar-refractivity contribution in [1.29, 1.82) is 0 Å². The molecule has 4 heteroatoms. The van der Waals surface area contributed by atoms with Crippen LogP contribution >= 0.6 is 0 Å². The fourth-order valence-electron chi connectivity index (χ4n) is 4.05. The summed E-state index contributed by atoms with van der Waals surface area (Å²) in [5.41, 5.74) is 4.73. The third-order valence-electron chi connectivity index (χ3n) is 5.69. The Bertz CT molecular complexity index is 881. The molecule has 0 saturated carbocycles. The Balaban J connectivity index is 2.30. The van der Waals surface area contributed by atoms with Gasteiger partial charge in [0.2, 0.25) is 0 Å². The second-order valence-corrected chi connectivity index (χ2v) is 7.84. The number of benzene rings is 3. The van der Waals surface area contributed by atoms with Crippen molar-refractivity contribution in [3.8, 4) is 0 Å². The van der Waals surface area contributed by atoms with Crippen molar-refractivity contribution in [1.82, 2.24) is 0 Å². The van der Waals surface area contributed by atoms with Crippen LogP contribution in [0.4, 0.5) is 11.4 Å². The Kier molecular flexibility index (Phi) is 6.02. The van der Waals surface area contributed by atoms with Crippen LogP contribution in [0, 0.1) is 4.91 Å². The van der Waals surface area contributed by atoms with Crippen LogP contribution in [0.25, 0.3) is 0 Å². The van der Waals surface area contributed by atoms with E-state index in [9.17, 15) is 4.91 Å². The molecular weight excluding hydrogens is 358 g/mol. The lowest BCUT2D eigenvalue weighted by molar-refractivity contribution is 0.505. The predicted octanol–water partition coefficient (Wildman–Crippen LogP) is 5.31. The highest BCUT2D eigenvalue weighted by molar-refractivity contribution is 5.58. The molecule has 3 aromatic rings. The molecule has 0 heterocycles. The van der Waals surface area contributed by atoms with Crippen LogP contribution in [0.2, 0.25) is 0 Å². The zero-order chi connectivity index (χ0) is 21.0. The molecule has 29 heavy (non-hydrogen) atoms. The van der Waals surface area contributed by atoms with Crippen molar-refractivity contribution >= 4 is 11.4 Å². The van der Waals surface area contributed by atoms with Gasteiger partial charge in [-0.3, -0.25) is 0 Å². The molecule has 1 unspecified atom stereocenters. The lowest BCUT2D eigenvalue weighted by atomic mass is 9.65. The SMILES string of the molecule is CC(N=O)C(c1ccccc1)(c1ccc(N(C)C)cc1)c1ccc(N(C)C)cc1. The molecular formula is C25H29N3O. The first-order chi connectivity index (χ1) is 13.9. The van der Waals surface area contributed by atoms with Crippen LogP contribution in [0.3, 0.4) is 0 Å². The van der Waals surface area contributed by atoms with E-state index in [1.54, 1.807) is 0 Å². The molecule has 0 amide bonds. The zero-order valence-electron chi connectivity index (χ0n) is 17.8. The van der Waals surface area contributed by atoms with Gasteiger partial charge in [-0.2, -0.15) is 4.91 Å². The average molecular weight is 388 g/mol. The van der Waals surface area contributed by atoms with Crippen LogP contribution in [-0.2, 0) is 5.41 Å². The van der Waals surface area contributed by atoms with Crippen molar-refractivity contribution in [2.75, 3.05) is 38.0 Å². The second-order valence-electron chi connectivity index (χ2n) is 7.84. The highest BCUT2D eigenvalue weighted by Crippen LogP contribution is 2.44. The quantitative estimate of drug-likeness (QED) is 0.407. The molecule has 0 aliphatic carbocycles. The van der Waals surface area contributed by atoms with E-state index in [2.05, 4.69) is 75.6 Å². The smallest absolute Gasteiger partial charge is 0.107 e. The monoisotopic (exact) mass is 387 g/mol. The maximum Gasteiger partial charge on any atom is 0.107 e. The first kappa shape index (κ1) is 20.6. The molecule has 0 fully saturated rings. The van der Waals surface area contributed by atoms with Crippen molar-refractivity contribution in [3.05, 3.63) is 100 Å². The Labute approximate surface area is 173 Å². The number of hydrogen-bond acceptors (Lipinski definition) is 4. The summed E-state index contributed by atoms with van der Waals surface area (Å²) < 4.78 is 0. The summed E-state index contributed by atoms with van der Waals surface area (Å²) in [4.78, 5) is 16.1. The van der Waals surface area contributed by atoms with Crippen molar-refractivity contribution < 1.29 is 0 Å². The summed E-state index contributed by atoms with van der Waals surface area (Å²) in [7, 11) is 8.09. The molecule has 3 rings (SSSR count). The minimum Gasteiger partial charge on any atom is -0.378 e. The predicted molar refractivity (Wildman–Crippen MR) is 123 cm³/mol. The van der Waals surface area contributed by atoms with Gasteiger partial charge in [-0.1, -0.05) is 59.8 Å². The number of nitrogens with zero attached hydrogens (tertiary/aromatic N) is 3. The molecule has 0 aliphatic rings. The summed E-state index contributed by atoms with van der Waals surface area (Å²) in [6.07, 6.45) is 0. The van der Waals surface area contributed by atoms with E-state index in [1.807, 2.05) is 53.3 Å². The van der Waals surface area contributed by atoms with Crippen LogP contribution in [0.15, 0.2) is 84.0 Å². The highest BCUT2D eigenvalue weighted by Gasteiger charge is 2.42. The number of hydrogen-bond donors (Lipinski definition) is 0. The molecule has 0 N–H and O–H groups in total. The Morgan fingerprint density at radius 1 is 0.655 bits per heavy atom. The first-order valence-corrected chi connectivity index (χ1v) is 9.85. The Hall–Kier alpha value is -3.14. The summed E-state index contributed by atoms with van der Waals surface area (Å²) in [5, 5.41) is 3.53. The van der Waals surface area contributed by atoms with Gasteiger partial charge in [-0.15, -0.1) is 0 Å². The van der Waals surface area contributed by atoms with Crippen LogP contribution in [-0.4, -0.2) is 34.2 Å². The summed E-state index contributed by atoms with van der Waals surface area (Å²) in [6.45, 7) is 1.90. The molecule has 3 aromatic carbocycles. The normalized spacial score (nSPS) is 12.3. The van der Waals surface area contributed by atoms with Gasteiger partial charge in [-0.25, -0.2) is 0 Å². The summed E-state index contributed by atoms with van der Waals surface area (Å²) in [5.74, 6) is 0. The summed E-state index contributed by atoms with van der Waals surface area (Å²) >= 11 is 0. The molecule has 1 atom stereocenters. The standard InChI is InChI=1S/C25H29N3O/c1-19(26-29)25(20-9-7-6-8-10-20,21-11-15-23(16-12-21)27(2)3)22-13-17-24(18-14-22)28(4)5/h6-19H,1-5H3. The van der Waals surface area contributed by atoms with E-state index < -0.39 is 11.5 Å². The van der Waals surface area contributed by atoms with Crippen LogP contribution in [0.1, 0.15) is 23.6 Å². The van der Waals surface area contributed by atoms with Crippen molar-refractivity contribution in [2.24, 2.45) is 5.18 Å². The topological polar surface area (TPSA) is 35.9 Å². The zero-order valence-corrected chi connectivity index (χ0v) is 17.8. The van der Waals surface area contributed by atoms with E-state index >= 15 is 0 Å². The molecule has 0 bridgehead atoms. The maximum absolute atomic E-state index is 12.0. The Morgan fingerprint density at radius 2 is 1.03 bits per heavy atom. The molecule has 0 aromatic heterocycles. The molecule has 0 spiro atoms.